The highest BCUT2D eigenvalue weighted by atomic mass is 16.4. The zero-order chi connectivity index (χ0) is 15.1. The highest BCUT2D eigenvalue weighted by Gasteiger charge is 2.23. The number of carboxylic acids is 1. The van der Waals surface area contributed by atoms with Gasteiger partial charge >= 0.3 is 12.0 Å². The molecular weight excluding hydrogens is 272 g/mol. The number of aromatic nitrogens is 2. The third-order valence-corrected chi connectivity index (χ3v) is 3.64. The third-order valence-electron chi connectivity index (χ3n) is 3.64. The number of hydrogen-bond donors (Lipinski definition) is 2. The molecule has 0 saturated carbocycles. The smallest absolute Gasteiger partial charge is 0.317 e. The highest BCUT2D eigenvalue weighted by Crippen LogP contribution is 2.21. The maximum atomic E-state index is 12.1. The summed E-state index contributed by atoms with van der Waals surface area (Å²) in [5, 5.41) is 11.6. The average molecular weight is 292 g/mol. The van der Waals surface area contributed by atoms with Gasteiger partial charge in [0.25, 0.3) is 0 Å². The summed E-state index contributed by atoms with van der Waals surface area (Å²) in [7, 11) is 0. The van der Waals surface area contributed by atoms with Gasteiger partial charge in [-0.05, 0) is 31.2 Å². The van der Waals surface area contributed by atoms with E-state index in [1.807, 2.05) is 0 Å². The predicted octanol–water partition coefficient (Wildman–Crippen LogP) is 1.26. The van der Waals surface area contributed by atoms with Crippen molar-refractivity contribution in [3.63, 3.8) is 0 Å². The van der Waals surface area contributed by atoms with Crippen LogP contribution in [0.15, 0.2) is 18.6 Å². The summed E-state index contributed by atoms with van der Waals surface area (Å²) in [6.07, 6.45) is 5.79. The molecule has 7 nitrogen and oxygen atoms in total. The largest absolute Gasteiger partial charge is 0.481 e. The summed E-state index contributed by atoms with van der Waals surface area (Å²) in [5.41, 5.74) is 0.762. The Morgan fingerprint density at radius 1 is 1.48 bits per heavy atom. The van der Waals surface area contributed by atoms with Crippen LogP contribution in [0.4, 0.5) is 4.79 Å². The second-order valence-electron chi connectivity index (χ2n) is 5.25. The molecule has 2 rings (SSSR count). The number of rotatable bonds is 5. The molecule has 0 radical (unpaired) electrons. The summed E-state index contributed by atoms with van der Waals surface area (Å²) in [6, 6.07) is 1.64. The van der Waals surface area contributed by atoms with Crippen molar-refractivity contribution in [2.45, 2.75) is 32.2 Å². The van der Waals surface area contributed by atoms with E-state index in [4.69, 9.17) is 5.11 Å². The summed E-state index contributed by atoms with van der Waals surface area (Å²) in [6.45, 7) is 1.72. The van der Waals surface area contributed by atoms with E-state index in [0.717, 1.165) is 25.1 Å². The Morgan fingerprint density at radius 3 is 3.05 bits per heavy atom. The van der Waals surface area contributed by atoms with Crippen LogP contribution < -0.4 is 5.32 Å². The van der Waals surface area contributed by atoms with Crippen molar-refractivity contribution >= 4 is 12.0 Å². The number of piperidine rings is 1. The Morgan fingerprint density at radius 2 is 2.33 bits per heavy atom. The van der Waals surface area contributed by atoms with Gasteiger partial charge in [-0.25, -0.2) is 14.8 Å². The van der Waals surface area contributed by atoms with Gasteiger partial charge in [-0.3, -0.25) is 4.79 Å². The molecule has 2 N–H and O–H groups in total. The number of amides is 2. The van der Waals surface area contributed by atoms with E-state index < -0.39 is 5.97 Å². The fourth-order valence-electron chi connectivity index (χ4n) is 2.51. The monoisotopic (exact) mass is 292 g/mol. The van der Waals surface area contributed by atoms with Crippen LogP contribution in [-0.4, -0.2) is 45.1 Å². The van der Waals surface area contributed by atoms with Crippen LogP contribution >= 0.6 is 0 Å². The molecule has 0 bridgehead atoms. The lowest BCUT2D eigenvalue weighted by molar-refractivity contribution is -0.137. The zero-order valence-electron chi connectivity index (χ0n) is 11.9. The van der Waals surface area contributed by atoms with Gasteiger partial charge in [0.1, 0.15) is 6.33 Å². The number of nitrogens with one attached hydrogen (secondary N) is 1. The molecule has 2 amide bonds. The second kappa shape index (κ2) is 7.56. The van der Waals surface area contributed by atoms with E-state index in [1.54, 1.807) is 17.2 Å². The number of carboxylic acid groups (broad SMARTS) is 1. The molecule has 0 aromatic carbocycles. The normalized spacial score (nSPS) is 18.3. The molecule has 1 fully saturated rings. The van der Waals surface area contributed by atoms with Crippen LogP contribution in [0.2, 0.25) is 0 Å². The minimum absolute atomic E-state index is 0.117. The van der Waals surface area contributed by atoms with Crippen LogP contribution in [0.25, 0.3) is 0 Å². The predicted molar refractivity (Wildman–Crippen MR) is 75.4 cm³/mol. The van der Waals surface area contributed by atoms with Crippen molar-refractivity contribution in [2.24, 2.45) is 5.92 Å². The van der Waals surface area contributed by atoms with Crippen LogP contribution in [-0.2, 0) is 11.3 Å². The molecule has 0 aliphatic carbocycles. The lowest BCUT2D eigenvalue weighted by Gasteiger charge is -2.32. The van der Waals surface area contributed by atoms with E-state index in [2.05, 4.69) is 15.3 Å². The first-order chi connectivity index (χ1) is 10.1. The number of carbonyl (C=O) groups excluding carboxylic acids is 1. The number of urea groups is 1. The van der Waals surface area contributed by atoms with Crippen molar-refractivity contribution < 1.29 is 14.7 Å². The molecule has 0 spiro atoms. The Labute approximate surface area is 123 Å². The van der Waals surface area contributed by atoms with Gasteiger partial charge in [-0.1, -0.05) is 0 Å². The first-order valence-electron chi connectivity index (χ1n) is 7.14. The van der Waals surface area contributed by atoms with Gasteiger partial charge in [0.15, 0.2) is 0 Å². The molecule has 1 saturated heterocycles. The zero-order valence-corrected chi connectivity index (χ0v) is 11.9. The number of aliphatic carboxylic acids is 1. The standard InChI is InChI=1S/C14H20N4O3/c19-13(20)4-3-11-2-1-7-18(9-11)14(21)16-8-12-5-6-15-10-17-12/h5-6,10-11H,1-4,7-9H2,(H,16,21)(H,19,20). The summed E-state index contributed by atoms with van der Waals surface area (Å²) in [4.78, 5) is 32.4. The van der Waals surface area contributed by atoms with Gasteiger partial charge in [0.05, 0.1) is 12.2 Å². The minimum atomic E-state index is -0.777. The molecular formula is C14H20N4O3. The lowest BCUT2D eigenvalue weighted by Crippen LogP contribution is -2.45. The Balaban J connectivity index is 1.77. The first-order valence-corrected chi connectivity index (χ1v) is 7.14. The van der Waals surface area contributed by atoms with E-state index in [-0.39, 0.29) is 18.4 Å². The molecule has 1 atom stereocenters. The van der Waals surface area contributed by atoms with Crippen molar-refractivity contribution in [3.05, 3.63) is 24.3 Å². The maximum Gasteiger partial charge on any atom is 0.317 e. The molecule has 1 aliphatic heterocycles. The van der Waals surface area contributed by atoms with E-state index >= 15 is 0 Å². The second-order valence-corrected chi connectivity index (χ2v) is 5.25. The number of likely N-dealkylation sites (tertiary alicyclic amines) is 1. The van der Waals surface area contributed by atoms with Crippen molar-refractivity contribution in [1.29, 1.82) is 0 Å². The lowest BCUT2D eigenvalue weighted by atomic mass is 9.93. The van der Waals surface area contributed by atoms with E-state index in [0.29, 0.717) is 19.5 Å². The van der Waals surface area contributed by atoms with Gasteiger partial charge in [-0.2, -0.15) is 0 Å². The van der Waals surface area contributed by atoms with Crippen LogP contribution in [0.5, 0.6) is 0 Å². The topological polar surface area (TPSA) is 95.4 Å². The number of hydrogen-bond acceptors (Lipinski definition) is 4. The highest BCUT2D eigenvalue weighted by molar-refractivity contribution is 5.74. The molecule has 1 aromatic rings. The molecule has 1 aliphatic rings. The van der Waals surface area contributed by atoms with Crippen molar-refractivity contribution in [2.75, 3.05) is 13.1 Å². The fraction of sp³-hybridized carbons (Fsp3) is 0.571. The van der Waals surface area contributed by atoms with Gasteiger partial charge in [-0.15, -0.1) is 0 Å². The van der Waals surface area contributed by atoms with Crippen molar-refractivity contribution in [3.8, 4) is 0 Å². The molecule has 114 valence electrons. The van der Waals surface area contributed by atoms with Crippen molar-refractivity contribution in [1.82, 2.24) is 20.2 Å². The van der Waals surface area contributed by atoms with Gasteiger partial charge < -0.3 is 15.3 Å². The number of carbonyl (C=O) groups is 2. The molecule has 2 heterocycles. The molecule has 1 aromatic heterocycles. The molecule has 21 heavy (non-hydrogen) atoms. The summed E-state index contributed by atoms with van der Waals surface area (Å²) >= 11 is 0. The van der Waals surface area contributed by atoms with Crippen LogP contribution in [0.1, 0.15) is 31.4 Å². The Bertz CT molecular complexity index is 480. The third kappa shape index (κ3) is 5.02. The van der Waals surface area contributed by atoms with Crippen LogP contribution in [0.3, 0.4) is 0 Å². The van der Waals surface area contributed by atoms with Gasteiger partial charge in [0.2, 0.25) is 0 Å². The fourth-order valence-corrected chi connectivity index (χ4v) is 2.51. The van der Waals surface area contributed by atoms with E-state index in [9.17, 15) is 9.59 Å². The molecule has 7 heteroatoms. The minimum Gasteiger partial charge on any atom is -0.481 e. The number of nitrogens with zero attached hydrogens (tertiary/aromatic N) is 3. The maximum absolute atomic E-state index is 12.1. The average Bonchev–Trinajstić information content (AvgIpc) is 2.52. The quantitative estimate of drug-likeness (QED) is 0.852. The first kappa shape index (κ1) is 15.2. The Hall–Kier alpha value is -2.18. The summed E-state index contributed by atoms with van der Waals surface area (Å²) in [5.74, 6) is -0.500. The Kier molecular flexibility index (Phi) is 5.48. The van der Waals surface area contributed by atoms with Crippen LogP contribution in [0, 0.1) is 5.92 Å². The van der Waals surface area contributed by atoms with E-state index in [1.165, 1.54) is 6.33 Å². The van der Waals surface area contributed by atoms with Gasteiger partial charge in [0, 0.05) is 25.7 Å². The molecule has 1 unspecified atom stereocenters. The SMILES string of the molecule is O=C(O)CCC1CCCN(C(=O)NCc2ccncn2)C1. The summed E-state index contributed by atoms with van der Waals surface area (Å²) < 4.78 is 0.